The largest absolute Gasteiger partial charge is 0.395 e. The zero-order valence-electron chi connectivity index (χ0n) is 11.9. The smallest absolute Gasteiger partial charge is 0.186 e. The van der Waals surface area contributed by atoms with Crippen molar-refractivity contribution in [3.05, 3.63) is 64.6 Å². The van der Waals surface area contributed by atoms with Gasteiger partial charge >= 0.3 is 0 Å². The molecule has 2 aromatic rings. The first-order valence-corrected chi connectivity index (χ1v) is 9.25. The first kappa shape index (κ1) is 17.1. The number of benzene rings is 2. The average Bonchev–Trinajstić information content (AvgIpc) is 2.53. The molecule has 2 N–H and O–H groups in total. The molecule has 22 heavy (non-hydrogen) atoms. The van der Waals surface area contributed by atoms with E-state index in [0.29, 0.717) is 11.4 Å². The molecule has 0 aliphatic heterocycles. The zero-order chi connectivity index (χ0) is 16.0. The van der Waals surface area contributed by atoms with Gasteiger partial charge in [0.25, 0.3) is 0 Å². The summed E-state index contributed by atoms with van der Waals surface area (Å²) in [7, 11) is -3.51. The van der Waals surface area contributed by atoms with Crippen LogP contribution in [0.3, 0.4) is 0 Å². The second-order valence-corrected chi connectivity index (χ2v) is 7.87. The Kier molecular flexibility index (Phi) is 6.14. The minimum absolute atomic E-state index is 0.0293. The molecule has 0 heterocycles. The highest BCUT2D eigenvalue weighted by molar-refractivity contribution is 9.10. The standard InChI is InChI=1S/C16H18BrNO3S/c17-14-8-6-13(7-9-14)16(12-18-10-11-19)22(20,21)15-4-2-1-3-5-15/h1-9,16,18-19H,10-12H2. The Morgan fingerprint density at radius 3 is 2.27 bits per heavy atom. The van der Waals surface area contributed by atoms with Crippen LogP contribution in [0.1, 0.15) is 10.8 Å². The van der Waals surface area contributed by atoms with Crippen molar-refractivity contribution >= 4 is 25.8 Å². The molecule has 0 bridgehead atoms. The molecule has 1 unspecified atom stereocenters. The topological polar surface area (TPSA) is 66.4 Å². The zero-order valence-corrected chi connectivity index (χ0v) is 14.3. The molecule has 0 saturated heterocycles. The predicted molar refractivity (Wildman–Crippen MR) is 90.5 cm³/mol. The van der Waals surface area contributed by atoms with Crippen LogP contribution in [0.4, 0.5) is 0 Å². The van der Waals surface area contributed by atoms with E-state index in [2.05, 4.69) is 21.2 Å². The van der Waals surface area contributed by atoms with Crippen molar-refractivity contribution in [2.45, 2.75) is 10.1 Å². The van der Waals surface area contributed by atoms with Gasteiger partial charge in [0.05, 0.1) is 11.5 Å². The lowest BCUT2D eigenvalue weighted by Crippen LogP contribution is -2.29. The first-order chi connectivity index (χ1) is 10.6. The number of rotatable bonds is 7. The summed E-state index contributed by atoms with van der Waals surface area (Å²) in [5.41, 5.74) is 0.720. The first-order valence-electron chi connectivity index (χ1n) is 6.91. The van der Waals surface area contributed by atoms with E-state index in [0.717, 1.165) is 10.0 Å². The fourth-order valence-corrected chi connectivity index (χ4v) is 4.15. The van der Waals surface area contributed by atoms with Crippen LogP contribution in [0.15, 0.2) is 64.0 Å². The van der Waals surface area contributed by atoms with E-state index in [1.54, 1.807) is 42.5 Å². The van der Waals surface area contributed by atoms with E-state index in [1.165, 1.54) is 0 Å². The highest BCUT2D eigenvalue weighted by Crippen LogP contribution is 2.29. The molecule has 118 valence electrons. The molecule has 0 fully saturated rings. The maximum absolute atomic E-state index is 12.9. The lowest BCUT2D eigenvalue weighted by atomic mass is 10.1. The number of halogens is 1. The van der Waals surface area contributed by atoms with Gasteiger partial charge in [-0.3, -0.25) is 0 Å². The van der Waals surface area contributed by atoms with Gasteiger partial charge in [0.1, 0.15) is 5.25 Å². The van der Waals surface area contributed by atoms with Crippen molar-refractivity contribution in [2.24, 2.45) is 0 Å². The van der Waals surface area contributed by atoms with Crippen LogP contribution < -0.4 is 5.32 Å². The summed E-state index contributed by atoms with van der Waals surface area (Å²) in [4.78, 5) is 0.300. The van der Waals surface area contributed by atoms with Crippen LogP contribution in [-0.2, 0) is 9.84 Å². The van der Waals surface area contributed by atoms with Crippen molar-refractivity contribution in [1.29, 1.82) is 0 Å². The molecule has 0 aliphatic carbocycles. The number of nitrogens with one attached hydrogen (secondary N) is 1. The lowest BCUT2D eigenvalue weighted by Gasteiger charge is -2.19. The Hall–Kier alpha value is -1.21. The third-order valence-corrected chi connectivity index (χ3v) is 5.95. The highest BCUT2D eigenvalue weighted by atomic mass is 79.9. The molecule has 0 amide bonds. The van der Waals surface area contributed by atoms with Crippen LogP contribution in [0.25, 0.3) is 0 Å². The summed E-state index contributed by atoms with van der Waals surface area (Å²) in [5.74, 6) is 0. The van der Waals surface area contributed by atoms with Crippen LogP contribution >= 0.6 is 15.9 Å². The molecular formula is C16H18BrNO3S. The van der Waals surface area contributed by atoms with Crippen LogP contribution in [0, 0.1) is 0 Å². The van der Waals surface area contributed by atoms with Gasteiger partial charge in [0.15, 0.2) is 9.84 Å². The quantitative estimate of drug-likeness (QED) is 0.721. The van der Waals surface area contributed by atoms with Gasteiger partial charge in [0, 0.05) is 17.6 Å². The van der Waals surface area contributed by atoms with Crippen molar-refractivity contribution in [1.82, 2.24) is 5.32 Å². The third kappa shape index (κ3) is 4.16. The van der Waals surface area contributed by atoms with Crippen LogP contribution in [0.2, 0.25) is 0 Å². The van der Waals surface area contributed by atoms with Gasteiger partial charge in [-0.1, -0.05) is 46.3 Å². The Morgan fingerprint density at radius 2 is 1.68 bits per heavy atom. The molecule has 6 heteroatoms. The Labute approximate surface area is 139 Å². The summed E-state index contributed by atoms with van der Waals surface area (Å²) in [5, 5.41) is 11.2. The number of sulfone groups is 1. The predicted octanol–water partition coefficient (Wildman–Crippen LogP) is 2.55. The molecule has 0 spiro atoms. The minimum Gasteiger partial charge on any atom is -0.395 e. The van der Waals surface area contributed by atoms with E-state index in [4.69, 9.17) is 5.11 Å². The Bertz CT molecular complexity index is 687. The van der Waals surface area contributed by atoms with Crippen molar-refractivity contribution in [3.63, 3.8) is 0 Å². The van der Waals surface area contributed by atoms with E-state index in [9.17, 15) is 8.42 Å². The van der Waals surface area contributed by atoms with E-state index in [-0.39, 0.29) is 13.2 Å². The fourth-order valence-electron chi connectivity index (χ4n) is 2.17. The molecule has 0 aromatic heterocycles. The fraction of sp³-hybridized carbons (Fsp3) is 0.250. The maximum atomic E-state index is 12.9. The SMILES string of the molecule is O=S(=O)(c1ccccc1)C(CNCCO)c1ccc(Br)cc1. The molecule has 2 aromatic carbocycles. The van der Waals surface area contributed by atoms with Gasteiger partial charge in [-0.25, -0.2) is 8.42 Å². The third-order valence-electron chi connectivity index (χ3n) is 3.31. The van der Waals surface area contributed by atoms with E-state index in [1.807, 2.05) is 12.1 Å². The number of aliphatic hydroxyl groups excluding tert-OH is 1. The van der Waals surface area contributed by atoms with Gasteiger partial charge in [-0.2, -0.15) is 0 Å². The molecule has 0 saturated carbocycles. The lowest BCUT2D eigenvalue weighted by molar-refractivity contribution is 0.292. The number of aliphatic hydroxyl groups is 1. The van der Waals surface area contributed by atoms with Crippen molar-refractivity contribution in [3.8, 4) is 0 Å². The van der Waals surface area contributed by atoms with Crippen LogP contribution in [0.5, 0.6) is 0 Å². The number of hydrogen-bond acceptors (Lipinski definition) is 4. The molecule has 0 radical (unpaired) electrons. The second-order valence-electron chi connectivity index (χ2n) is 4.83. The monoisotopic (exact) mass is 383 g/mol. The molecule has 4 nitrogen and oxygen atoms in total. The average molecular weight is 384 g/mol. The molecule has 0 aliphatic rings. The van der Waals surface area contributed by atoms with Gasteiger partial charge in [-0.05, 0) is 29.8 Å². The summed E-state index contributed by atoms with van der Waals surface area (Å²) < 4.78 is 26.7. The molecule has 2 rings (SSSR count). The maximum Gasteiger partial charge on any atom is 0.186 e. The van der Waals surface area contributed by atoms with Crippen molar-refractivity contribution in [2.75, 3.05) is 19.7 Å². The second kappa shape index (κ2) is 7.87. The van der Waals surface area contributed by atoms with Crippen molar-refractivity contribution < 1.29 is 13.5 Å². The summed E-state index contributed by atoms with van der Waals surface area (Å²) in [6.45, 7) is 0.579. The van der Waals surface area contributed by atoms with E-state index < -0.39 is 15.1 Å². The van der Waals surface area contributed by atoms with Gasteiger partial charge < -0.3 is 10.4 Å². The van der Waals surface area contributed by atoms with Gasteiger partial charge in [0.2, 0.25) is 0 Å². The number of hydrogen-bond donors (Lipinski definition) is 2. The summed E-state index contributed by atoms with van der Waals surface area (Å²) in [6, 6.07) is 15.7. The Balaban J connectivity index is 2.37. The summed E-state index contributed by atoms with van der Waals surface area (Å²) >= 11 is 3.36. The minimum atomic E-state index is -3.51. The van der Waals surface area contributed by atoms with E-state index >= 15 is 0 Å². The van der Waals surface area contributed by atoms with Crippen LogP contribution in [-0.4, -0.2) is 33.2 Å². The molecule has 1 atom stereocenters. The molecular weight excluding hydrogens is 366 g/mol. The highest BCUT2D eigenvalue weighted by Gasteiger charge is 2.28. The Morgan fingerprint density at radius 1 is 1.05 bits per heavy atom. The van der Waals surface area contributed by atoms with Gasteiger partial charge in [-0.15, -0.1) is 0 Å². The normalized spacial score (nSPS) is 13.0. The summed E-state index contributed by atoms with van der Waals surface area (Å²) in [6.07, 6.45) is 0.